The number of alkyl halides is 1. The zero-order chi connectivity index (χ0) is 13.3. The highest BCUT2D eigenvalue weighted by Crippen LogP contribution is 2.33. The van der Waals surface area contributed by atoms with Gasteiger partial charge in [-0.3, -0.25) is 4.79 Å². The van der Waals surface area contributed by atoms with Crippen LogP contribution in [0.25, 0.3) is 0 Å². The van der Waals surface area contributed by atoms with Crippen LogP contribution in [-0.2, 0) is 11.2 Å². The van der Waals surface area contributed by atoms with Gasteiger partial charge in [-0.05, 0) is 25.8 Å². The number of carbonyl (C=O) groups is 1. The molecule has 0 N–H and O–H groups in total. The maximum atomic E-state index is 12.1. The minimum atomic E-state index is -0.494. The highest BCUT2D eigenvalue weighted by atomic mass is 35.5. The first-order chi connectivity index (χ1) is 8.52. The van der Waals surface area contributed by atoms with Crippen LogP contribution in [0.2, 0.25) is 0 Å². The van der Waals surface area contributed by atoms with Gasteiger partial charge in [0.05, 0.1) is 5.69 Å². The summed E-state index contributed by atoms with van der Waals surface area (Å²) in [5.41, 5.74) is 2.09. The average molecular weight is 268 g/mol. The van der Waals surface area contributed by atoms with Gasteiger partial charge in [0.1, 0.15) is 11.2 Å². The maximum absolute atomic E-state index is 12.1. The Kier molecular flexibility index (Phi) is 3.76. The smallest absolute Gasteiger partial charge is 0.244 e. The van der Waals surface area contributed by atoms with E-state index in [9.17, 15) is 4.79 Å². The summed E-state index contributed by atoms with van der Waals surface area (Å²) >= 11 is 5.91. The minimum absolute atomic E-state index is 0.0338. The largest absolute Gasteiger partial charge is 0.362 e. The van der Waals surface area contributed by atoms with E-state index in [-0.39, 0.29) is 5.91 Å². The van der Waals surface area contributed by atoms with Gasteiger partial charge in [-0.2, -0.15) is 0 Å². The van der Waals surface area contributed by atoms with E-state index >= 15 is 0 Å². The Morgan fingerprint density at radius 3 is 2.89 bits per heavy atom. The fraction of sp³-hybridized carbons (Fsp3) is 0.538. The van der Waals surface area contributed by atoms with Gasteiger partial charge in [-0.25, -0.2) is 4.98 Å². The van der Waals surface area contributed by atoms with Crippen molar-refractivity contribution in [2.75, 3.05) is 30.4 Å². The number of hydrogen-bond donors (Lipinski definition) is 0. The van der Waals surface area contributed by atoms with Crippen molar-refractivity contribution in [3.05, 3.63) is 17.8 Å². The van der Waals surface area contributed by atoms with Crippen molar-refractivity contribution >= 4 is 29.0 Å². The fourth-order valence-corrected chi connectivity index (χ4v) is 2.45. The Morgan fingerprint density at radius 2 is 2.28 bits per heavy atom. The van der Waals surface area contributed by atoms with Crippen LogP contribution in [0.15, 0.2) is 12.3 Å². The summed E-state index contributed by atoms with van der Waals surface area (Å²) in [6.07, 6.45) is 3.66. The van der Waals surface area contributed by atoms with Crippen LogP contribution in [0.5, 0.6) is 0 Å². The van der Waals surface area contributed by atoms with E-state index in [2.05, 4.69) is 4.98 Å². The van der Waals surface area contributed by atoms with Crippen LogP contribution < -0.4 is 9.80 Å². The average Bonchev–Trinajstić information content (AvgIpc) is 2.36. The Hall–Kier alpha value is -1.29. The van der Waals surface area contributed by atoms with Crippen molar-refractivity contribution < 1.29 is 4.79 Å². The fourth-order valence-electron chi connectivity index (χ4n) is 2.33. The Morgan fingerprint density at radius 1 is 1.56 bits per heavy atom. The van der Waals surface area contributed by atoms with Crippen molar-refractivity contribution in [1.82, 2.24) is 4.98 Å². The molecule has 1 aliphatic heterocycles. The van der Waals surface area contributed by atoms with E-state index in [0.29, 0.717) is 0 Å². The van der Waals surface area contributed by atoms with Gasteiger partial charge in [0.2, 0.25) is 5.91 Å². The SMILES string of the molecule is CC(Cl)C(=O)N1CCCc2c1ccnc2N(C)C. The Labute approximate surface area is 113 Å². The van der Waals surface area contributed by atoms with Crippen LogP contribution >= 0.6 is 11.6 Å². The van der Waals surface area contributed by atoms with Crippen molar-refractivity contribution in [1.29, 1.82) is 0 Å². The number of halogens is 1. The highest BCUT2D eigenvalue weighted by molar-refractivity contribution is 6.32. The van der Waals surface area contributed by atoms with Crippen molar-refractivity contribution in [2.24, 2.45) is 0 Å². The van der Waals surface area contributed by atoms with Crippen LogP contribution in [-0.4, -0.2) is 36.9 Å². The molecule has 1 aromatic rings. The molecule has 18 heavy (non-hydrogen) atoms. The normalized spacial score (nSPS) is 16.1. The lowest BCUT2D eigenvalue weighted by Crippen LogP contribution is -2.39. The molecule has 0 saturated heterocycles. The number of nitrogens with zero attached hydrogens (tertiary/aromatic N) is 3. The van der Waals surface area contributed by atoms with Crippen LogP contribution in [0.3, 0.4) is 0 Å². The molecular formula is C13H18ClN3O. The first-order valence-electron chi connectivity index (χ1n) is 6.13. The standard InChI is InChI=1S/C13H18ClN3O/c1-9(14)13(18)17-8-4-5-10-11(17)6-7-15-12(10)16(2)3/h6-7,9H,4-5,8H2,1-3H3. The highest BCUT2D eigenvalue weighted by Gasteiger charge is 2.27. The molecule has 1 unspecified atom stereocenters. The number of carbonyl (C=O) groups excluding carboxylic acids is 1. The molecule has 1 aliphatic rings. The van der Waals surface area contributed by atoms with Crippen molar-refractivity contribution in [3.8, 4) is 0 Å². The van der Waals surface area contributed by atoms with Gasteiger partial charge in [0, 0.05) is 32.4 Å². The maximum Gasteiger partial charge on any atom is 0.244 e. The summed E-state index contributed by atoms with van der Waals surface area (Å²) in [6.45, 7) is 2.45. The molecular weight excluding hydrogens is 250 g/mol. The Bertz CT molecular complexity index is 460. The molecule has 1 amide bonds. The molecule has 1 atom stereocenters. The van der Waals surface area contributed by atoms with Gasteiger partial charge in [0.25, 0.3) is 0 Å². The van der Waals surface area contributed by atoms with E-state index in [1.807, 2.05) is 25.1 Å². The van der Waals surface area contributed by atoms with Gasteiger partial charge in [-0.1, -0.05) is 0 Å². The van der Waals surface area contributed by atoms with E-state index in [1.54, 1.807) is 18.0 Å². The number of anilines is 2. The molecule has 0 fully saturated rings. The molecule has 0 bridgehead atoms. The molecule has 0 aromatic carbocycles. The third-order valence-corrected chi connectivity index (χ3v) is 3.32. The molecule has 0 spiro atoms. The van der Waals surface area contributed by atoms with Crippen molar-refractivity contribution in [2.45, 2.75) is 25.1 Å². The second kappa shape index (κ2) is 5.14. The third kappa shape index (κ3) is 2.29. The van der Waals surface area contributed by atoms with E-state index in [4.69, 9.17) is 11.6 Å². The summed E-state index contributed by atoms with van der Waals surface area (Å²) in [4.78, 5) is 20.3. The molecule has 2 heterocycles. The van der Waals surface area contributed by atoms with Crippen LogP contribution in [0.4, 0.5) is 11.5 Å². The van der Waals surface area contributed by atoms with Crippen molar-refractivity contribution in [3.63, 3.8) is 0 Å². The van der Waals surface area contributed by atoms with Crippen LogP contribution in [0, 0.1) is 0 Å². The predicted octanol–water partition coefficient (Wildman–Crippen LogP) is 2.05. The second-order valence-corrected chi connectivity index (χ2v) is 5.39. The lowest BCUT2D eigenvalue weighted by atomic mass is 10.0. The molecule has 98 valence electrons. The van der Waals surface area contributed by atoms with Gasteiger partial charge in [0.15, 0.2) is 0 Å². The lowest BCUT2D eigenvalue weighted by molar-refractivity contribution is -0.118. The zero-order valence-electron chi connectivity index (χ0n) is 11.0. The molecule has 0 saturated carbocycles. The molecule has 5 heteroatoms. The summed E-state index contributed by atoms with van der Waals surface area (Å²) in [6, 6.07) is 1.90. The number of aromatic nitrogens is 1. The number of pyridine rings is 1. The topological polar surface area (TPSA) is 36.4 Å². The molecule has 1 aromatic heterocycles. The molecule has 0 radical (unpaired) electrons. The van der Waals surface area contributed by atoms with E-state index in [0.717, 1.165) is 36.5 Å². The number of rotatable bonds is 2. The van der Waals surface area contributed by atoms with E-state index < -0.39 is 5.38 Å². The summed E-state index contributed by atoms with van der Waals surface area (Å²) in [5, 5.41) is -0.494. The number of hydrogen-bond acceptors (Lipinski definition) is 3. The van der Waals surface area contributed by atoms with Crippen LogP contribution in [0.1, 0.15) is 18.9 Å². The first-order valence-corrected chi connectivity index (χ1v) is 6.56. The third-order valence-electron chi connectivity index (χ3n) is 3.14. The van der Waals surface area contributed by atoms with Gasteiger partial charge in [-0.15, -0.1) is 11.6 Å². The Balaban J connectivity index is 2.44. The monoisotopic (exact) mass is 267 g/mol. The quantitative estimate of drug-likeness (QED) is 0.770. The number of amides is 1. The summed E-state index contributed by atoms with van der Waals surface area (Å²) < 4.78 is 0. The van der Waals surface area contributed by atoms with Gasteiger partial charge < -0.3 is 9.80 Å². The van der Waals surface area contributed by atoms with E-state index in [1.165, 1.54) is 0 Å². The number of fused-ring (bicyclic) bond motifs is 1. The summed E-state index contributed by atoms with van der Waals surface area (Å²) in [7, 11) is 3.93. The summed E-state index contributed by atoms with van der Waals surface area (Å²) in [5.74, 6) is 0.903. The first kappa shape index (κ1) is 13.1. The van der Waals surface area contributed by atoms with Gasteiger partial charge >= 0.3 is 0 Å². The zero-order valence-corrected chi connectivity index (χ0v) is 11.7. The molecule has 4 nitrogen and oxygen atoms in total. The lowest BCUT2D eigenvalue weighted by Gasteiger charge is -2.32. The second-order valence-electron chi connectivity index (χ2n) is 4.74. The minimum Gasteiger partial charge on any atom is -0.362 e. The molecule has 0 aliphatic carbocycles. The predicted molar refractivity (Wildman–Crippen MR) is 74.6 cm³/mol. The molecule has 2 rings (SSSR count).